The number of carbonyl (C=O) groups is 2. The van der Waals surface area contributed by atoms with E-state index in [2.05, 4.69) is 0 Å². The topological polar surface area (TPSA) is 113 Å². The first-order chi connectivity index (χ1) is 5.96. The van der Waals surface area contributed by atoms with Gasteiger partial charge in [0.1, 0.15) is 0 Å². The molecule has 0 saturated heterocycles. The molecule has 0 bridgehead atoms. The second-order valence-electron chi connectivity index (χ2n) is 2.67. The molecule has 0 aliphatic rings. The number of hydrogen-bond donors (Lipinski definition) is 4. The lowest BCUT2D eigenvalue weighted by Gasteiger charge is -2.23. The highest BCUT2D eigenvalue weighted by molar-refractivity contribution is 5.86. The van der Waals surface area contributed by atoms with Gasteiger partial charge >= 0.3 is 5.97 Å². The largest absolute Gasteiger partial charge is 0.478 e. The fraction of sp³-hybridized carbons (Fsp3) is 0.714. The molecule has 1 unspecified atom stereocenters. The molecular weight excluding hydrogens is 176 g/mol. The molecule has 0 aliphatic heterocycles. The number of carboxylic acids is 1. The molecule has 6 nitrogen and oxygen atoms in total. The van der Waals surface area contributed by atoms with Crippen LogP contribution in [0.5, 0.6) is 0 Å². The van der Waals surface area contributed by atoms with Crippen LogP contribution in [0.1, 0.15) is 19.8 Å². The van der Waals surface area contributed by atoms with Crippen LogP contribution in [0.15, 0.2) is 0 Å². The molecule has 6 heteroatoms. The SMILES string of the molecule is CCCC(O)(NC(=O)CN)C(=O)O. The van der Waals surface area contributed by atoms with Crippen molar-refractivity contribution in [2.24, 2.45) is 5.73 Å². The average molecular weight is 190 g/mol. The number of hydrogen-bond acceptors (Lipinski definition) is 4. The molecule has 0 heterocycles. The molecule has 0 aromatic carbocycles. The zero-order chi connectivity index (χ0) is 10.5. The summed E-state index contributed by atoms with van der Waals surface area (Å²) < 4.78 is 0. The van der Waals surface area contributed by atoms with Crippen molar-refractivity contribution in [3.8, 4) is 0 Å². The van der Waals surface area contributed by atoms with Crippen molar-refractivity contribution in [3.05, 3.63) is 0 Å². The van der Waals surface area contributed by atoms with Gasteiger partial charge in [-0.3, -0.25) is 4.79 Å². The molecule has 0 radical (unpaired) electrons. The van der Waals surface area contributed by atoms with Crippen molar-refractivity contribution in [1.82, 2.24) is 5.32 Å². The fourth-order valence-electron chi connectivity index (χ4n) is 0.866. The minimum atomic E-state index is -2.19. The second kappa shape index (κ2) is 4.78. The predicted molar refractivity (Wildman–Crippen MR) is 44.7 cm³/mol. The Hall–Kier alpha value is -1.14. The summed E-state index contributed by atoms with van der Waals surface area (Å²) in [7, 11) is 0. The summed E-state index contributed by atoms with van der Waals surface area (Å²) in [4.78, 5) is 21.3. The summed E-state index contributed by atoms with van der Waals surface area (Å²) >= 11 is 0. The molecule has 0 spiro atoms. The van der Waals surface area contributed by atoms with E-state index in [9.17, 15) is 14.7 Å². The summed E-state index contributed by atoms with van der Waals surface area (Å²) in [5.41, 5.74) is 2.77. The lowest BCUT2D eigenvalue weighted by Crippen LogP contribution is -2.55. The number of aliphatic hydroxyl groups is 1. The van der Waals surface area contributed by atoms with Gasteiger partial charge in [0.15, 0.2) is 0 Å². The van der Waals surface area contributed by atoms with Gasteiger partial charge in [-0.05, 0) is 0 Å². The number of carbonyl (C=O) groups excluding carboxylic acids is 1. The molecule has 0 aromatic rings. The Morgan fingerprint density at radius 2 is 2.08 bits per heavy atom. The van der Waals surface area contributed by atoms with Gasteiger partial charge in [-0.25, -0.2) is 4.79 Å². The highest BCUT2D eigenvalue weighted by Crippen LogP contribution is 2.08. The standard InChI is InChI=1S/C7H14N2O4/c1-2-3-7(13,6(11)12)9-5(10)4-8/h13H,2-4,8H2,1H3,(H,9,10)(H,11,12). The Morgan fingerprint density at radius 1 is 1.54 bits per heavy atom. The first kappa shape index (κ1) is 11.9. The van der Waals surface area contributed by atoms with Crippen LogP contribution in [-0.4, -0.2) is 34.4 Å². The molecule has 0 aliphatic carbocycles. The molecule has 13 heavy (non-hydrogen) atoms. The van der Waals surface area contributed by atoms with E-state index in [0.717, 1.165) is 0 Å². The van der Waals surface area contributed by atoms with Crippen molar-refractivity contribution in [2.75, 3.05) is 6.54 Å². The smallest absolute Gasteiger partial charge is 0.357 e. The van der Waals surface area contributed by atoms with Crippen molar-refractivity contribution in [1.29, 1.82) is 0 Å². The van der Waals surface area contributed by atoms with Gasteiger partial charge < -0.3 is 21.3 Å². The van der Waals surface area contributed by atoms with Crippen LogP contribution < -0.4 is 11.1 Å². The third kappa shape index (κ3) is 3.39. The van der Waals surface area contributed by atoms with Gasteiger partial charge in [-0.1, -0.05) is 13.3 Å². The molecule has 5 N–H and O–H groups in total. The molecule has 0 aromatic heterocycles. The van der Waals surface area contributed by atoms with Gasteiger partial charge in [0.2, 0.25) is 11.6 Å². The summed E-state index contributed by atoms with van der Waals surface area (Å²) in [6.07, 6.45) is 0.391. The third-order valence-corrected chi connectivity index (χ3v) is 1.50. The van der Waals surface area contributed by atoms with Gasteiger partial charge in [-0.15, -0.1) is 0 Å². The van der Waals surface area contributed by atoms with E-state index >= 15 is 0 Å². The molecular formula is C7H14N2O4. The Morgan fingerprint density at radius 3 is 2.38 bits per heavy atom. The first-order valence-electron chi connectivity index (χ1n) is 3.93. The molecule has 76 valence electrons. The maximum Gasteiger partial charge on any atom is 0.357 e. The summed E-state index contributed by atoms with van der Waals surface area (Å²) in [6, 6.07) is 0. The minimum absolute atomic E-state index is 0.0475. The van der Waals surface area contributed by atoms with Gasteiger partial charge in [-0.2, -0.15) is 0 Å². The van der Waals surface area contributed by atoms with Crippen molar-refractivity contribution < 1.29 is 19.8 Å². The number of nitrogens with one attached hydrogen (secondary N) is 1. The van der Waals surface area contributed by atoms with E-state index in [1.807, 2.05) is 5.32 Å². The minimum Gasteiger partial charge on any atom is -0.478 e. The maximum atomic E-state index is 10.7. The number of carboxylic acid groups (broad SMARTS) is 1. The zero-order valence-electron chi connectivity index (χ0n) is 7.41. The number of aliphatic carboxylic acids is 1. The monoisotopic (exact) mass is 190 g/mol. The Bertz CT molecular complexity index is 207. The molecule has 1 amide bonds. The fourth-order valence-corrected chi connectivity index (χ4v) is 0.866. The van der Waals surface area contributed by atoms with E-state index in [-0.39, 0.29) is 13.0 Å². The molecule has 0 saturated carbocycles. The summed E-state index contributed by atoms with van der Waals surface area (Å²) in [5, 5.41) is 19.9. The lowest BCUT2D eigenvalue weighted by atomic mass is 10.1. The maximum absolute atomic E-state index is 10.7. The lowest BCUT2D eigenvalue weighted by molar-refractivity contribution is -0.166. The van der Waals surface area contributed by atoms with E-state index < -0.39 is 17.6 Å². The molecule has 0 fully saturated rings. The van der Waals surface area contributed by atoms with Gasteiger partial charge in [0.05, 0.1) is 6.54 Å². The summed E-state index contributed by atoms with van der Waals surface area (Å²) in [6.45, 7) is 1.35. The predicted octanol–water partition coefficient (Wildman–Crippen LogP) is -1.37. The van der Waals surface area contributed by atoms with E-state index in [0.29, 0.717) is 6.42 Å². The number of amides is 1. The quantitative estimate of drug-likeness (QED) is 0.400. The Balaban J connectivity index is 4.41. The van der Waals surface area contributed by atoms with Crippen molar-refractivity contribution >= 4 is 11.9 Å². The normalized spacial score (nSPS) is 14.7. The molecule has 1 atom stereocenters. The number of nitrogens with two attached hydrogens (primary N) is 1. The van der Waals surface area contributed by atoms with Crippen molar-refractivity contribution in [3.63, 3.8) is 0 Å². The van der Waals surface area contributed by atoms with Gasteiger partial charge in [0, 0.05) is 6.42 Å². The van der Waals surface area contributed by atoms with Crippen LogP contribution >= 0.6 is 0 Å². The molecule has 0 rings (SSSR count). The van der Waals surface area contributed by atoms with Crippen LogP contribution in [0.4, 0.5) is 0 Å². The highest BCUT2D eigenvalue weighted by Gasteiger charge is 2.36. The zero-order valence-corrected chi connectivity index (χ0v) is 7.41. The van der Waals surface area contributed by atoms with Crippen molar-refractivity contribution in [2.45, 2.75) is 25.5 Å². The van der Waals surface area contributed by atoms with E-state index in [1.165, 1.54) is 0 Å². The second-order valence-corrected chi connectivity index (χ2v) is 2.67. The van der Waals surface area contributed by atoms with Crippen LogP contribution in [-0.2, 0) is 9.59 Å². The average Bonchev–Trinajstić information content (AvgIpc) is 2.04. The Kier molecular flexibility index (Phi) is 4.36. The third-order valence-electron chi connectivity index (χ3n) is 1.50. The van der Waals surface area contributed by atoms with Crippen LogP contribution in [0.25, 0.3) is 0 Å². The van der Waals surface area contributed by atoms with Crippen LogP contribution in [0, 0.1) is 0 Å². The number of rotatable bonds is 5. The first-order valence-corrected chi connectivity index (χ1v) is 3.93. The summed E-state index contributed by atoms with van der Waals surface area (Å²) in [5.74, 6) is -2.17. The van der Waals surface area contributed by atoms with E-state index in [4.69, 9.17) is 10.8 Å². The van der Waals surface area contributed by atoms with Crippen LogP contribution in [0.2, 0.25) is 0 Å². The van der Waals surface area contributed by atoms with E-state index in [1.54, 1.807) is 6.92 Å². The highest BCUT2D eigenvalue weighted by atomic mass is 16.4. The van der Waals surface area contributed by atoms with Gasteiger partial charge in [0.25, 0.3) is 0 Å². The van der Waals surface area contributed by atoms with Crippen LogP contribution in [0.3, 0.4) is 0 Å². The Labute approximate surface area is 75.7 Å².